The van der Waals surface area contributed by atoms with Crippen LogP contribution in [0.1, 0.15) is 43.9 Å². The molecule has 1 aliphatic rings. The lowest BCUT2D eigenvalue weighted by Crippen LogP contribution is -2.36. The average Bonchev–Trinajstić information content (AvgIpc) is 3.26. The molecule has 1 N–H and O–H groups in total. The first-order valence-corrected chi connectivity index (χ1v) is 7.50. The summed E-state index contributed by atoms with van der Waals surface area (Å²) in [4.78, 5) is 0. The molecule has 2 unspecified atom stereocenters. The van der Waals surface area contributed by atoms with Crippen LogP contribution in [0.15, 0.2) is 24.3 Å². The van der Waals surface area contributed by atoms with Gasteiger partial charge in [-0.3, -0.25) is 0 Å². The summed E-state index contributed by atoms with van der Waals surface area (Å²) in [6.07, 6.45) is -2.48. The highest BCUT2D eigenvalue weighted by atomic mass is 19.4. The molecule has 5 heteroatoms. The Morgan fingerprint density at radius 2 is 1.90 bits per heavy atom. The fourth-order valence-electron chi connectivity index (χ4n) is 2.77. The van der Waals surface area contributed by atoms with Crippen molar-refractivity contribution >= 4 is 0 Å². The van der Waals surface area contributed by atoms with E-state index >= 15 is 0 Å². The summed E-state index contributed by atoms with van der Waals surface area (Å²) in [5.41, 5.74) is -0.279. The van der Waals surface area contributed by atoms with Crippen LogP contribution in [0, 0.1) is 5.92 Å². The van der Waals surface area contributed by atoms with E-state index < -0.39 is 17.8 Å². The van der Waals surface area contributed by atoms with Crippen LogP contribution in [0.2, 0.25) is 0 Å². The maximum absolute atomic E-state index is 13.2. The summed E-state index contributed by atoms with van der Waals surface area (Å²) >= 11 is 0. The molecule has 0 spiro atoms. The monoisotopic (exact) mass is 301 g/mol. The summed E-state index contributed by atoms with van der Waals surface area (Å²) in [5, 5.41) is 3.19. The smallest absolute Gasteiger partial charge is 0.376 e. The average molecular weight is 301 g/mol. The van der Waals surface area contributed by atoms with Crippen molar-refractivity contribution in [3.05, 3.63) is 35.4 Å². The topological polar surface area (TPSA) is 21.3 Å². The number of likely N-dealkylation sites (N-methyl/N-ethyl adjacent to an activating group) is 1. The van der Waals surface area contributed by atoms with E-state index in [-0.39, 0.29) is 11.7 Å². The molecule has 118 valence electrons. The van der Waals surface area contributed by atoms with Crippen LogP contribution in [0.5, 0.6) is 0 Å². The SMILES string of the molecule is CCNC(c1ccccc1C(F)(F)F)C(OCC)C1CC1. The molecule has 1 aromatic carbocycles. The summed E-state index contributed by atoms with van der Waals surface area (Å²) in [5.74, 6) is 0.357. The van der Waals surface area contributed by atoms with E-state index in [4.69, 9.17) is 4.74 Å². The van der Waals surface area contributed by atoms with E-state index in [1.807, 2.05) is 13.8 Å². The number of alkyl halides is 3. The minimum Gasteiger partial charge on any atom is -0.376 e. The van der Waals surface area contributed by atoms with Gasteiger partial charge >= 0.3 is 6.18 Å². The lowest BCUT2D eigenvalue weighted by Gasteiger charge is -2.30. The van der Waals surface area contributed by atoms with E-state index in [0.717, 1.165) is 18.9 Å². The Kier molecular flexibility index (Phi) is 5.27. The zero-order valence-electron chi connectivity index (χ0n) is 12.4. The quantitative estimate of drug-likeness (QED) is 0.816. The standard InChI is InChI=1S/C16H22F3NO/c1-3-20-14(15(21-4-2)11-9-10-11)12-7-5-6-8-13(12)16(17,18)19/h5-8,11,14-15,20H,3-4,9-10H2,1-2H3. The van der Waals surface area contributed by atoms with Crippen LogP contribution in [-0.2, 0) is 10.9 Å². The molecule has 0 aliphatic heterocycles. The number of halogens is 3. The fourth-order valence-corrected chi connectivity index (χ4v) is 2.77. The Bertz CT molecular complexity index is 457. The molecule has 21 heavy (non-hydrogen) atoms. The van der Waals surface area contributed by atoms with Gasteiger partial charge in [0, 0.05) is 6.61 Å². The Morgan fingerprint density at radius 3 is 2.43 bits per heavy atom. The number of benzene rings is 1. The second kappa shape index (κ2) is 6.79. The number of nitrogens with one attached hydrogen (secondary N) is 1. The summed E-state index contributed by atoms with van der Waals surface area (Å²) in [7, 11) is 0. The third-order valence-corrected chi connectivity index (χ3v) is 3.80. The van der Waals surface area contributed by atoms with Gasteiger partial charge in [0.2, 0.25) is 0 Å². The van der Waals surface area contributed by atoms with Crippen molar-refractivity contribution in [1.82, 2.24) is 5.32 Å². The molecule has 0 radical (unpaired) electrons. The Labute approximate surface area is 123 Å². The number of ether oxygens (including phenoxy) is 1. The highest BCUT2D eigenvalue weighted by Gasteiger charge is 2.41. The van der Waals surface area contributed by atoms with Gasteiger partial charge in [0.15, 0.2) is 0 Å². The second-order valence-electron chi connectivity index (χ2n) is 5.38. The maximum atomic E-state index is 13.2. The predicted octanol–water partition coefficient (Wildman–Crippen LogP) is 4.17. The molecule has 0 bridgehead atoms. The van der Waals surface area contributed by atoms with Gasteiger partial charge in [0.05, 0.1) is 17.7 Å². The Morgan fingerprint density at radius 1 is 1.24 bits per heavy atom. The molecule has 0 saturated heterocycles. The Hall–Kier alpha value is -1.07. The third kappa shape index (κ3) is 3.98. The van der Waals surface area contributed by atoms with Crippen LogP contribution in [0.25, 0.3) is 0 Å². The molecular formula is C16H22F3NO. The molecule has 1 aliphatic carbocycles. The van der Waals surface area contributed by atoms with Crippen molar-refractivity contribution in [3.63, 3.8) is 0 Å². The normalized spacial score (nSPS) is 18.5. The third-order valence-electron chi connectivity index (χ3n) is 3.80. The van der Waals surface area contributed by atoms with Crippen molar-refractivity contribution in [2.45, 2.75) is 45.0 Å². The van der Waals surface area contributed by atoms with Crippen LogP contribution < -0.4 is 5.32 Å². The Balaban J connectivity index is 2.37. The molecule has 0 aromatic heterocycles. The molecule has 2 rings (SSSR count). The highest BCUT2D eigenvalue weighted by molar-refractivity contribution is 5.33. The van der Waals surface area contributed by atoms with Gasteiger partial charge in [-0.25, -0.2) is 0 Å². The fraction of sp³-hybridized carbons (Fsp3) is 0.625. The summed E-state index contributed by atoms with van der Waals surface area (Å²) in [6.45, 7) is 4.90. The molecule has 0 amide bonds. The van der Waals surface area contributed by atoms with E-state index in [1.165, 1.54) is 6.07 Å². The molecule has 1 fully saturated rings. The summed E-state index contributed by atoms with van der Waals surface area (Å²) < 4.78 is 45.5. The minimum absolute atomic E-state index is 0.196. The van der Waals surface area contributed by atoms with E-state index in [2.05, 4.69) is 5.32 Å². The second-order valence-corrected chi connectivity index (χ2v) is 5.38. The zero-order valence-corrected chi connectivity index (χ0v) is 12.4. The van der Waals surface area contributed by atoms with E-state index in [0.29, 0.717) is 19.1 Å². The highest BCUT2D eigenvalue weighted by Crippen LogP contribution is 2.43. The van der Waals surface area contributed by atoms with Crippen LogP contribution in [0.3, 0.4) is 0 Å². The minimum atomic E-state index is -4.34. The van der Waals surface area contributed by atoms with Crippen molar-refractivity contribution in [2.75, 3.05) is 13.2 Å². The van der Waals surface area contributed by atoms with E-state index in [9.17, 15) is 13.2 Å². The number of hydrogen-bond donors (Lipinski definition) is 1. The first kappa shape index (κ1) is 16.3. The number of rotatable bonds is 7. The first-order valence-electron chi connectivity index (χ1n) is 7.50. The predicted molar refractivity (Wildman–Crippen MR) is 76.0 cm³/mol. The molecular weight excluding hydrogens is 279 g/mol. The summed E-state index contributed by atoms with van der Waals surface area (Å²) in [6, 6.07) is 5.38. The van der Waals surface area contributed by atoms with Crippen LogP contribution in [0.4, 0.5) is 13.2 Å². The molecule has 1 saturated carbocycles. The number of hydrogen-bond acceptors (Lipinski definition) is 2. The van der Waals surface area contributed by atoms with Gasteiger partial charge in [-0.15, -0.1) is 0 Å². The molecule has 2 atom stereocenters. The van der Waals surface area contributed by atoms with Gasteiger partial charge < -0.3 is 10.1 Å². The lowest BCUT2D eigenvalue weighted by molar-refractivity contribution is -0.138. The molecule has 0 heterocycles. The molecule has 1 aromatic rings. The largest absolute Gasteiger partial charge is 0.416 e. The van der Waals surface area contributed by atoms with Gasteiger partial charge in [-0.05, 0) is 43.9 Å². The van der Waals surface area contributed by atoms with Gasteiger partial charge in [0.1, 0.15) is 0 Å². The van der Waals surface area contributed by atoms with Gasteiger partial charge in [-0.1, -0.05) is 25.1 Å². The van der Waals surface area contributed by atoms with Crippen molar-refractivity contribution < 1.29 is 17.9 Å². The zero-order chi connectivity index (χ0) is 15.5. The molecule has 2 nitrogen and oxygen atoms in total. The lowest BCUT2D eigenvalue weighted by atomic mass is 9.93. The van der Waals surface area contributed by atoms with Gasteiger partial charge in [-0.2, -0.15) is 13.2 Å². The van der Waals surface area contributed by atoms with Gasteiger partial charge in [0.25, 0.3) is 0 Å². The van der Waals surface area contributed by atoms with Crippen molar-refractivity contribution in [3.8, 4) is 0 Å². The first-order chi connectivity index (χ1) is 9.99. The van der Waals surface area contributed by atoms with Crippen molar-refractivity contribution in [1.29, 1.82) is 0 Å². The van der Waals surface area contributed by atoms with E-state index in [1.54, 1.807) is 12.1 Å². The van der Waals surface area contributed by atoms with Crippen LogP contribution >= 0.6 is 0 Å². The van der Waals surface area contributed by atoms with Crippen LogP contribution in [-0.4, -0.2) is 19.3 Å². The maximum Gasteiger partial charge on any atom is 0.416 e. The van der Waals surface area contributed by atoms with Crippen molar-refractivity contribution in [2.24, 2.45) is 5.92 Å².